The van der Waals surface area contributed by atoms with Gasteiger partial charge >= 0.3 is 159 Å². The Morgan fingerprint density at radius 2 is 1.56 bits per heavy atom. The molecule has 1 aliphatic rings. The number of fused-ring (bicyclic) bond motifs is 3. The van der Waals surface area contributed by atoms with Crippen molar-refractivity contribution in [2.45, 2.75) is 6.92 Å². The molecule has 0 saturated heterocycles. The van der Waals surface area contributed by atoms with Crippen LogP contribution in [0.4, 0.5) is 0 Å². The molecule has 0 amide bonds. The fraction of sp³-hybridized carbons (Fsp3) is 0.0455. The maximum atomic E-state index is 12.8. The van der Waals surface area contributed by atoms with Crippen LogP contribution in [0.5, 0.6) is 0 Å². The molecule has 27 heavy (non-hydrogen) atoms. The van der Waals surface area contributed by atoms with E-state index >= 15 is 0 Å². The van der Waals surface area contributed by atoms with E-state index in [1.807, 2.05) is 59.5 Å². The minimum absolute atomic E-state index is 0.447. The zero-order valence-electron chi connectivity index (χ0n) is 14.6. The summed E-state index contributed by atoms with van der Waals surface area (Å²) in [6.45, 7) is 2.05. The molecule has 0 spiro atoms. The van der Waals surface area contributed by atoms with Gasteiger partial charge in [-0.1, -0.05) is 0 Å². The molecule has 0 bridgehead atoms. The predicted octanol–water partition coefficient (Wildman–Crippen LogP) is 3.25. The van der Waals surface area contributed by atoms with E-state index in [9.17, 15) is 7.67 Å². The van der Waals surface area contributed by atoms with Gasteiger partial charge in [0.25, 0.3) is 0 Å². The molecule has 1 aromatic heterocycles. The molecular formula is C22H16N2O2Se. The Kier molecular flexibility index (Phi) is 3.44. The normalized spacial score (nSPS) is 14.0. The van der Waals surface area contributed by atoms with Gasteiger partial charge in [-0.15, -0.1) is 0 Å². The number of nitrogens with zero attached hydrogens (tertiary/aromatic N) is 2. The third kappa shape index (κ3) is 2.40. The SMILES string of the molecule is Cc1ccccc1-n1cc(-c2ccc3c(c2)-c2ccccc2[Se]3(=O)=O)cn1. The number of benzene rings is 3. The van der Waals surface area contributed by atoms with Crippen LogP contribution in [0, 0.1) is 6.92 Å². The first-order valence-electron chi connectivity index (χ1n) is 8.65. The zero-order chi connectivity index (χ0) is 18.6. The Morgan fingerprint density at radius 3 is 2.41 bits per heavy atom. The summed E-state index contributed by atoms with van der Waals surface area (Å²) in [5, 5.41) is 4.49. The number of hydrogen-bond donors (Lipinski definition) is 0. The standard InChI is InChI=1S/C22H16N2O2Se/c1-15-6-2-4-8-20(15)24-14-17(13-23-24)16-10-11-22-19(12-16)18-7-3-5-9-21(18)27(22,25)26/h2-14H,1H3. The van der Waals surface area contributed by atoms with E-state index in [4.69, 9.17) is 0 Å². The van der Waals surface area contributed by atoms with Gasteiger partial charge in [0.1, 0.15) is 0 Å². The maximum absolute atomic E-state index is 12.8. The van der Waals surface area contributed by atoms with Crippen LogP contribution in [0.1, 0.15) is 5.56 Å². The molecule has 3 aromatic carbocycles. The van der Waals surface area contributed by atoms with Crippen molar-refractivity contribution in [3.8, 4) is 27.9 Å². The van der Waals surface area contributed by atoms with E-state index in [2.05, 4.69) is 18.1 Å². The van der Waals surface area contributed by atoms with Gasteiger partial charge < -0.3 is 0 Å². The van der Waals surface area contributed by atoms with Crippen molar-refractivity contribution in [2.75, 3.05) is 0 Å². The van der Waals surface area contributed by atoms with E-state index in [0.717, 1.165) is 33.5 Å². The van der Waals surface area contributed by atoms with Crippen LogP contribution in [-0.2, 0) is 7.67 Å². The monoisotopic (exact) mass is 420 g/mol. The average Bonchev–Trinajstić information content (AvgIpc) is 3.25. The van der Waals surface area contributed by atoms with Crippen molar-refractivity contribution in [3.05, 3.63) is 84.7 Å². The van der Waals surface area contributed by atoms with Crippen LogP contribution in [-0.4, -0.2) is 22.5 Å². The van der Waals surface area contributed by atoms with Crippen molar-refractivity contribution in [3.63, 3.8) is 0 Å². The van der Waals surface area contributed by atoms with E-state index in [-0.39, 0.29) is 0 Å². The Balaban J connectivity index is 1.64. The molecule has 5 rings (SSSR count). The van der Waals surface area contributed by atoms with Crippen molar-refractivity contribution in [1.82, 2.24) is 9.78 Å². The Labute approximate surface area is 158 Å². The number of aromatic nitrogens is 2. The molecule has 0 fully saturated rings. The van der Waals surface area contributed by atoms with Crippen LogP contribution in [0.15, 0.2) is 79.1 Å². The minimum atomic E-state index is -4.29. The first-order valence-corrected chi connectivity index (χ1v) is 11.8. The van der Waals surface area contributed by atoms with Gasteiger partial charge in [0.15, 0.2) is 0 Å². The van der Waals surface area contributed by atoms with Gasteiger partial charge in [-0.05, 0) is 0 Å². The van der Waals surface area contributed by atoms with Gasteiger partial charge in [0.05, 0.1) is 0 Å². The van der Waals surface area contributed by atoms with Crippen LogP contribution < -0.4 is 8.92 Å². The van der Waals surface area contributed by atoms with E-state index < -0.39 is 12.7 Å². The summed E-state index contributed by atoms with van der Waals surface area (Å²) in [7, 11) is 0. The molecule has 2 heterocycles. The molecule has 5 heteroatoms. The van der Waals surface area contributed by atoms with Crippen LogP contribution in [0.2, 0.25) is 0 Å². The summed E-state index contributed by atoms with van der Waals surface area (Å²) in [6.07, 6.45) is 3.79. The number of hydrogen-bond acceptors (Lipinski definition) is 3. The third-order valence-electron chi connectivity index (χ3n) is 5.01. The van der Waals surface area contributed by atoms with Crippen molar-refractivity contribution >= 4 is 21.6 Å². The van der Waals surface area contributed by atoms with Crippen molar-refractivity contribution in [2.24, 2.45) is 0 Å². The molecule has 1 aliphatic heterocycles. The molecule has 0 unspecified atom stereocenters. The second-order valence-electron chi connectivity index (χ2n) is 6.67. The summed E-state index contributed by atoms with van der Waals surface area (Å²) in [4.78, 5) is 0. The molecule has 0 atom stereocenters. The molecular weight excluding hydrogens is 403 g/mol. The first kappa shape index (κ1) is 16.2. The van der Waals surface area contributed by atoms with E-state index in [1.165, 1.54) is 0 Å². The molecule has 4 aromatic rings. The topological polar surface area (TPSA) is 52.0 Å². The first-order chi connectivity index (χ1) is 13.1. The fourth-order valence-corrected chi connectivity index (χ4v) is 7.12. The quantitative estimate of drug-likeness (QED) is 0.413. The third-order valence-corrected chi connectivity index (χ3v) is 8.94. The molecule has 4 nitrogen and oxygen atoms in total. The Hall–Kier alpha value is -3.01. The number of rotatable bonds is 2. The molecule has 0 aliphatic carbocycles. The second-order valence-corrected chi connectivity index (χ2v) is 10.6. The molecule has 0 N–H and O–H groups in total. The summed E-state index contributed by atoms with van der Waals surface area (Å²) in [5.74, 6) is 0. The molecule has 132 valence electrons. The van der Waals surface area contributed by atoms with Gasteiger partial charge in [0.2, 0.25) is 0 Å². The van der Waals surface area contributed by atoms with Gasteiger partial charge in [-0.25, -0.2) is 0 Å². The van der Waals surface area contributed by atoms with E-state index in [0.29, 0.717) is 8.92 Å². The summed E-state index contributed by atoms with van der Waals surface area (Å²) >= 11 is -4.29. The van der Waals surface area contributed by atoms with Gasteiger partial charge in [-0.3, -0.25) is 0 Å². The molecule has 0 saturated carbocycles. The fourth-order valence-electron chi connectivity index (χ4n) is 3.62. The van der Waals surface area contributed by atoms with Gasteiger partial charge in [-0.2, -0.15) is 0 Å². The predicted molar refractivity (Wildman–Crippen MR) is 106 cm³/mol. The Bertz CT molecular complexity index is 1300. The molecule has 0 radical (unpaired) electrons. The zero-order valence-corrected chi connectivity index (χ0v) is 16.3. The second kappa shape index (κ2) is 5.74. The van der Waals surface area contributed by atoms with Crippen molar-refractivity contribution < 1.29 is 7.67 Å². The average molecular weight is 419 g/mol. The van der Waals surface area contributed by atoms with Crippen LogP contribution >= 0.6 is 0 Å². The summed E-state index contributed by atoms with van der Waals surface area (Å²) in [5.41, 5.74) is 5.67. The van der Waals surface area contributed by atoms with Crippen LogP contribution in [0.3, 0.4) is 0 Å². The van der Waals surface area contributed by atoms with Crippen molar-refractivity contribution in [1.29, 1.82) is 0 Å². The van der Waals surface area contributed by atoms with Crippen LogP contribution in [0.25, 0.3) is 27.9 Å². The number of aryl methyl sites for hydroxylation is 1. The Morgan fingerprint density at radius 1 is 0.815 bits per heavy atom. The summed E-state index contributed by atoms with van der Waals surface area (Å²) in [6, 6.07) is 20.9. The van der Waals surface area contributed by atoms with Gasteiger partial charge in [0, 0.05) is 0 Å². The number of para-hydroxylation sites is 1. The van der Waals surface area contributed by atoms with E-state index in [1.54, 1.807) is 18.2 Å². The summed E-state index contributed by atoms with van der Waals surface area (Å²) < 4.78 is 28.4.